The van der Waals surface area contributed by atoms with Crippen LogP contribution in [0.4, 0.5) is 38.5 Å². The van der Waals surface area contributed by atoms with Crippen molar-refractivity contribution in [3.05, 3.63) is 479 Å². The van der Waals surface area contributed by atoms with E-state index in [1.165, 1.54) is 128 Å². The van der Waals surface area contributed by atoms with Gasteiger partial charge >= 0.3 is 0 Å². The van der Waals surface area contributed by atoms with E-state index < -0.39 is 7.15 Å². The molecule has 0 radical (unpaired) electrons. The van der Waals surface area contributed by atoms with Crippen molar-refractivity contribution in [3.63, 3.8) is 0 Å². The van der Waals surface area contributed by atoms with E-state index in [1.807, 2.05) is 18.2 Å². The molecule has 20 aromatic rings. The Labute approximate surface area is 771 Å². The zero-order valence-electron chi connectivity index (χ0n) is 75.2. The van der Waals surface area contributed by atoms with Crippen LogP contribution in [-0.4, -0.2) is 26.5 Å². The van der Waals surface area contributed by atoms with E-state index in [2.05, 4.69) is 441 Å². The standard InChI is InChI=1S/C69H54N2O2.C53H42N2O2.CH3F/c1-69(2)63-19-11-10-18-59(63)60-35-34-56(42-64(60)69)70(53-30-23-48(24-31-53)47-12-4-3-5-13-47)54-32-25-49(26-33-54)50-27-37-66-62(39-50)61-38-46(44-73-68-41-52-15-7-9-17-58(52)68)22-36-65(61)71(66)55-28-20-45(21-29-55)43-72-67-40-51-14-6-8-16-57(51)67;1-53(2)49-11-7-6-10-45(49)46-27-26-44(32-50(46)53)54(41-22-15-38(16-23-41)37-8-4-3-5-9-37)42-24-17-39(18-25-42)40-19-29-52-48(31-40)47-30-36(34-57)14-28-51(47)55(52)43-20-12-35(33-56)13-21-43;1-2/h3-39,42,67-68H,40-41,43-44H2,1-2H3;3-32,56-57H,33-34H2,1-2H3;1H3/i;;1D. The Morgan fingerprint density at radius 2 is 0.598 bits per heavy atom. The number of fused-ring (bicyclic) bond motifs is 14. The van der Waals surface area contributed by atoms with Crippen LogP contribution in [0.2, 0.25) is 0 Å². The average Bonchev–Trinajstić information content (AvgIpc) is 1.58. The molecule has 2 unspecified atom stereocenters. The molecule has 0 bridgehead atoms. The average molecular weight is 1720 g/mol. The van der Waals surface area contributed by atoms with Crippen LogP contribution >= 0.6 is 0 Å². The molecule has 4 aliphatic rings. The van der Waals surface area contributed by atoms with Gasteiger partial charge in [0.25, 0.3) is 0 Å². The van der Waals surface area contributed by atoms with Gasteiger partial charge in [0, 0.05) is 90.7 Å². The molecule has 2 aromatic heterocycles. The number of rotatable bonds is 20. The number of ether oxygens (including phenoxy) is 2. The molecule has 2 N–H and O–H groups in total. The Balaban J connectivity index is 0.000000155. The third kappa shape index (κ3) is 14.9. The van der Waals surface area contributed by atoms with Crippen LogP contribution in [0.3, 0.4) is 0 Å². The first kappa shape index (κ1) is 81.4. The molecule has 0 saturated heterocycles. The highest BCUT2D eigenvalue weighted by molar-refractivity contribution is 6.12. The molecule has 0 fully saturated rings. The van der Waals surface area contributed by atoms with Crippen molar-refractivity contribution in [3.8, 4) is 78.1 Å². The second kappa shape index (κ2) is 34.4. The molecule has 132 heavy (non-hydrogen) atoms. The Kier molecular flexibility index (Phi) is 21.2. The summed E-state index contributed by atoms with van der Waals surface area (Å²) in [5.41, 5.74) is 42.7. The molecule has 4 aliphatic carbocycles. The zero-order valence-corrected chi connectivity index (χ0v) is 74.2. The topological polar surface area (TPSA) is 75.3 Å². The second-order valence-electron chi connectivity index (χ2n) is 36.3. The molecule has 0 saturated carbocycles. The lowest BCUT2D eigenvalue weighted by Crippen LogP contribution is -2.19. The summed E-state index contributed by atoms with van der Waals surface area (Å²) < 4.78 is 33.1. The van der Waals surface area contributed by atoms with E-state index in [0.29, 0.717) is 13.2 Å². The number of alkyl halides is 1. The number of halogens is 1. The fourth-order valence-electron chi connectivity index (χ4n) is 20.9. The van der Waals surface area contributed by atoms with Crippen molar-refractivity contribution in [1.82, 2.24) is 9.13 Å². The lowest BCUT2D eigenvalue weighted by molar-refractivity contribution is 0.0244. The Bertz CT molecular complexity index is 7760. The molecule has 0 amide bonds. The van der Waals surface area contributed by atoms with E-state index in [4.69, 9.17) is 10.8 Å². The van der Waals surface area contributed by atoms with Gasteiger partial charge < -0.3 is 38.6 Å². The molecule has 9 heteroatoms. The normalized spacial score (nSPS) is 14.4. The van der Waals surface area contributed by atoms with E-state index in [-0.39, 0.29) is 36.3 Å². The van der Waals surface area contributed by atoms with E-state index in [1.54, 1.807) is 0 Å². The SMILES string of the molecule is CC1(C)c2ccccc2-c2ccc(N(c3ccc(-c4ccccc4)cc3)c3ccc(-c4ccc5c(c4)c4cc(CO)ccc4n5-c4ccc(CO)cc4)cc3)cc21.CC1(C)c2ccccc2-c2ccc(N(c3ccc(-c4ccccc4)cc3)c3ccc(-c4ccc5c(c4)c4cc(COC6Cc7ccccc76)ccc4n5-c4ccc(COC5Cc6ccccc65)cc4)cc3)cc21.[2H]CF. The molecule has 0 spiro atoms. The predicted molar refractivity (Wildman–Crippen MR) is 542 cm³/mol. The third-order valence-electron chi connectivity index (χ3n) is 28.0. The number of hydrogen-bond acceptors (Lipinski definition) is 6. The number of aliphatic hydroxyl groups excluding tert-OH is 2. The quantitative estimate of drug-likeness (QED) is 0.0792. The summed E-state index contributed by atoms with van der Waals surface area (Å²) in [6.07, 6.45) is 2.26. The van der Waals surface area contributed by atoms with Crippen molar-refractivity contribution in [2.75, 3.05) is 17.0 Å². The van der Waals surface area contributed by atoms with Crippen LogP contribution in [-0.2, 0) is 59.6 Å². The summed E-state index contributed by atoms with van der Waals surface area (Å²) >= 11 is 0. The van der Waals surface area contributed by atoms with Crippen LogP contribution in [0.15, 0.2) is 413 Å². The highest BCUT2D eigenvalue weighted by atomic mass is 19.1. The van der Waals surface area contributed by atoms with Gasteiger partial charge in [-0.05, 0) is 279 Å². The summed E-state index contributed by atoms with van der Waals surface area (Å²) in [7, 11) is -1.00. The number of benzene rings is 18. The van der Waals surface area contributed by atoms with Crippen molar-refractivity contribution < 1.29 is 25.4 Å². The first-order valence-electron chi connectivity index (χ1n) is 46.3. The Hall–Kier alpha value is -15.1. The second-order valence-corrected chi connectivity index (χ2v) is 36.3. The molecular weight excluding hydrogens is 1620 g/mol. The zero-order chi connectivity index (χ0) is 90.0. The minimum absolute atomic E-state index is 0.00798. The van der Waals surface area contributed by atoms with Gasteiger partial charge in [-0.15, -0.1) is 0 Å². The molecular formula is C123H99FN4O4. The molecule has 2 heterocycles. The van der Waals surface area contributed by atoms with Gasteiger partial charge in [0.05, 0.1) is 69.2 Å². The lowest BCUT2D eigenvalue weighted by Gasteiger charge is -2.30. The maximum absolute atomic E-state index is 10.1. The number of hydrogen-bond donors (Lipinski definition) is 2. The van der Waals surface area contributed by atoms with Crippen molar-refractivity contribution in [2.45, 2.75) is 90.0 Å². The summed E-state index contributed by atoms with van der Waals surface area (Å²) in [5, 5.41) is 24.4. The summed E-state index contributed by atoms with van der Waals surface area (Å²) in [4.78, 5) is 4.78. The first-order valence-corrected chi connectivity index (χ1v) is 45.6. The molecule has 642 valence electrons. The summed E-state index contributed by atoms with van der Waals surface area (Å²) in [5.74, 6) is 0. The van der Waals surface area contributed by atoms with Gasteiger partial charge in [-0.2, -0.15) is 0 Å². The van der Waals surface area contributed by atoms with Crippen LogP contribution in [0.1, 0.15) is 108 Å². The van der Waals surface area contributed by atoms with Gasteiger partial charge in [0.1, 0.15) is 0 Å². The number of anilines is 6. The van der Waals surface area contributed by atoms with Crippen LogP contribution in [0.5, 0.6) is 0 Å². The predicted octanol–water partition coefficient (Wildman–Crippen LogP) is 31.0. The molecule has 18 aromatic carbocycles. The molecule has 2 atom stereocenters. The maximum Gasteiger partial charge on any atom is 0.0872 e. The Morgan fingerprint density at radius 3 is 1.01 bits per heavy atom. The highest BCUT2D eigenvalue weighted by Crippen LogP contribution is 2.54. The van der Waals surface area contributed by atoms with Gasteiger partial charge in [-0.1, -0.05) is 295 Å². The molecule has 24 rings (SSSR count). The first-order chi connectivity index (χ1) is 65.2. The van der Waals surface area contributed by atoms with Crippen molar-refractivity contribution in [2.24, 2.45) is 0 Å². The number of aliphatic hydroxyl groups is 2. The van der Waals surface area contributed by atoms with E-state index in [0.717, 1.165) is 108 Å². The number of nitrogens with zero attached hydrogens (tertiary/aromatic N) is 4. The van der Waals surface area contributed by atoms with E-state index in [9.17, 15) is 14.6 Å². The van der Waals surface area contributed by atoms with Gasteiger partial charge in [0.2, 0.25) is 0 Å². The molecule has 8 nitrogen and oxygen atoms in total. The van der Waals surface area contributed by atoms with Crippen LogP contribution < -0.4 is 9.80 Å². The summed E-state index contributed by atoms with van der Waals surface area (Å²) in [6, 6.07) is 150. The third-order valence-corrected chi connectivity index (χ3v) is 28.0. The number of aromatic nitrogens is 2. The minimum atomic E-state index is -1.00. The Morgan fingerprint density at radius 1 is 0.295 bits per heavy atom. The monoisotopic (exact) mass is 1720 g/mol. The van der Waals surface area contributed by atoms with Crippen LogP contribution in [0, 0.1) is 0 Å². The largest absolute Gasteiger partial charge is 0.392 e. The fraction of sp³-hybridized carbons (Fsp3) is 0.122. The van der Waals surface area contributed by atoms with E-state index >= 15 is 0 Å². The minimum Gasteiger partial charge on any atom is -0.392 e. The van der Waals surface area contributed by atoms with Gasteiger partial charge in [-0.3, -0.25) is 4.39 Å². The smallest absolute Gasteiger partial charge is 0.0872 e. The summed E-state index contributed by atoms with van der Waals surface area (Å²) in [6.45, 7) is 10.5. The maximum atomic E-state index is 10.1. The van der Waals surface area contributed by atoms with Crippen molar-refractivity contribution in [1.29, 1.82) is 0 Å². The van der Waals surface area contributed by atoms with Gasteiger partial charge in [0.15, 0.2) is 0 Å². The highest BCUT2D eigenvalue weighted by Gasteiger charge is 2.38. The lowest BCUT2D eigenvalue weighted by atomic mass is 9.82. The fourth-order valence-corrected chi connectivity index (χ4v) is 20.9. The van der Waals surface area contributed by atoms with Gasteiger partial charge in [-0.25, -0.2) is 0 Å². The molecule has 0 aliphatic heterocycles. The van der Waals surface area contributed by atoms with Crippen molar-refractivity contribution >= 4 is 77.7 Å². The van der Waals surface area contributed by atoms with Crippen LogP contribution in [0.25, 0.3) is 122 Å².